The van der Waals surface area contributed by atoms with E-state index in [2.05, 4.69) is 34.6 Å². The second-order valence-electron chi connectivity index (χ2n) is 10.2. The Balaban J connectivity index is 2.03. The molecule has 0 radical (unpaired) electrons. The molecule has 0 spiro atoms. The van der Waals surface area contributed by atoms with Crippen molar-refractivity contribution in [3.8, 4) is 0 Å². The minimum Gasteiger partial charge on any atom is -0.381 e. The van der Waals surface area contributed by atoms with Crippen molar-refractivity contribution < 1.29 is 9.47 Å². The van der Waals surface area contributed by atoms with E-state index in [4.69, 9.17) is 9.47 Å². The molecule has 3 saturated carbocycles. The third kappa shape index (κ3) is 2.50. The van der Waals surface area contributed by atoms with E-state index in [-0.39, 0.29) is 5.60 Å². The van der Waals surface area contributed by atoms with Crippen LogP contribution in [-0.2, 0) is 9.47 Å². The molecule has 0 amide bonds. The number of hydrogen-bond donors (Lipinski definition) is 0. The first-order valence-corrected chi connectivity index (χ1v) is 10.3. The van der Waals surface area contributed by atoms with Gasteiger partial charge in [0.25, 0.3) is 0 Å². The van der Waals surface area contributed by atoms with Gasteiger partial charge in [0.2, 0.25) is 0 Å². The summed E-state index contributed by atoms with van der Waals surface area (Å²) in [7, 11) is 3.86. The summed E-state index contributed by atoms with van der Waals surface area (Å²) in [5, 5.41) is 0. The summed E-state index contributed by atoms with van der Waals surface area (Å²) < 4.78 is 12.4. The largest absolute Gasteiger partial charge is 0.381 e. The van der Waals surface area contributed by atoms with Gasteiger partial charge in [0, 0.05) is 20.1 Å². The molecule has 3 aliphatic carbocycles. The standard InChI is InChI=1S/C22H40O2/c1-15-8-9-17-14-22(24-7)16(2)19(23-6)11-13-21(22,5)12-10-18(15)20(17,3)4/h15-19H,8-14H2,1-7H3/t15-,16-,17+,18+,19?,21-,22+/m1/s1. The quantitative estimate of drug-likeness (QED) is 0.644. The van der Waals surface area contributed by atoms with Crippen molar-refractivity contribution in [1.29, 1.82) is 0 Å². The SMILES string of the molecule is COC1CC[C@@]2(C)CC[C@H]3[C@H](C)CC[C@@H](C[C@]2(OC)[C@@H]1C)C3(C)C. The normalized spacial score (nSPS) is 51.4. The molecule has 2 bridgehead atoms. The maximum Gasteiger partial charge on any atom is 0.0784 e. The van der Waals surface area contributed by atoms with Crippen LogP contribution in [-0.4, -0.2) is 25.9 Å². The number of hydrogen-bond acceptors (Lipinski definition) is 2. The maximum atomic E-state index is 6.50. The van der Waals surface area contributed by atoms with Gasteiger partial charge in [-0.05, 0) is 67.1 Å². The van der Waals surface area contributed by atoms with E-state index in [1.54, 1.807) is 0 Å². The predicted molar refractivity (Wildman–Crippen MR) is 100 cm³/mol. The van der Waals surface area contributed by atoms with Gasteiger partial charge >= 0.3 is 0 Å². The molecule has 3 rings (SSSR count). The van der Waals surface area contributed by atoms with Crippen LogP contribution in [0, 0.1) is 34.5 Å². The van der Waals surface area contributed by atoms with E-state index >= 15 is 0 Å². The first-order valence-electron chi connectivity index (χ1n) is 10.3. The minimum absolute atomic E-state index is 0.0284. The average molecular weight is 337 g/mol. The molecule has 0 aromatic rings. The highest BCUT2D eigenvalue weighted by Crippen LogP contribution is 2.63. The number of ether oxygens (including phenoxy) is 2. The van der Waals surface area contributed by atoms with Crippen LogP contribution in [0.15, 0.2) is 0 Å². The van der Waals surface area contributed by atoms with Crippen molar-refractivity contribution in [1.82, 2.24) is 0 Å². The van der Waals surface area contributed by atoms with Crippen LogP contribution in [0.3, 0.4) is 0 Å². The molecule has 7 atom stereocenters. The first kappa shape index (κ1) is 18.7. The highest BCUT2D eigenvalue weighted by molar-refractivity contribution is 5.11. The van der Waals surface area contributed by atoms with Crippen molar-refractivity contribution in [3.05, 3.63) is 0 Å². The monoisotopic (exact) mass is 336 g/mol. The van der Waals surface area contributed by atoms with Gasteiger partial charge in [-0.3, -0.25) is 0 Å². The average Bonchev–Trinajstić information content (AvgIpc) is 2.53. The summed E-state index contributed by atoms with van der Waals surface area (Å²) in [5.41, 5.74) is 0.698. The van der Waals surface area contributed by atoms with E-state index < -0.39 is 0 Å². The summed E-state index contributed by atoms with van der Waals surface area (Å²) in [6.07, 6.45) is 9.46. The maximum absolute atomic E-state index is 6.50. The molecule has 3 aliphatic rings. The Morgan fingerprint density at radius 3 is 2.17 bits per heavy atom. The molecule has 24 heavy (non-hydrogen) atoms. The van der Waals surface area contributed by atoms with Crippen LogP contribution in [0.1, 0.15) is 79.6 Å². The molecule has 0 aromatic heterocycles. The van der Waals surface area contributed by atoms with Crippen molar-refractivity contribution >= 4 is 0 Å². The van der Waals surface area contributed by atoms with Gasteiger partial charge in [-0.15, -0.1) is 0 Å². The molecule has 0 aromatic carbocycles. The van der Waals surface area contributed by atoms with E-state index in [0.29, 0.717) is 22.9 Å². The van der Waals surface area contributed by atoms with Crippen LogP contribution in [0.5, 0.6) is 0 Å². The summed E-state index contributed by atoms with van der Waals surface area (Å²) in [6.45, 7) is 12.5. The summed E-state index contributed by atoms with van der Waals surface area (Å²) in [5.74, 6) is 3.00. The lowest BCUT2D eigenvalue weighted by Gasteiger charge is -2.63. The Morgan fingerprint density at radius 1 is 0.875 bits per heavy atom. The molecular formula is C22H40O2. The van der Waals surface area contributed by atoms with Crippen LogP contribution < -0.4 is 0 Å². The minimum atomic E-state index is -0.0284. The summed E-state index contributed by atoms with van der Waals surface area (Å²) >= 11 is 0. The topological polar surface area (TPSA) is 18.5 Å². The number of rotatable bonds is 2. The molecule has 0 heterocycles. The molecule has 1 unspecified atom stereocenters. The smallest absolute Gasteiger partial charge is 0.0784 e. The second kappa shape index (κ2) is 6.27. The van der Waals surface area contributed by atoms with Crippen LogP contribution in [0.25, 0.3) is 0 Å². The fourth-order valence-corrected chi connectivity index (χ4v) is 7.31. The van der Waals surface area contributed by atoms with Crippen LogP contribution in [0.2, 0.25) is 0 Å². The third-order valence-electron chi connectivity index (χ3n) is 9.18. The van der Waals surface area contributed by atoms with Crippen molar-refractivity contribution in [3.63, 3.8) is 0 Å². The number of methoxy groups -OCH3 is 2. The van der Waals surface area contributed by atoms with Gasteiger partial charge in [0.05, 0.1) is 11.7 Å². The van der Waals surface area contributed by atoms with Gasteiger partial charge in [-0.25, -0.2) is 0 Å². The molecule has 2 heteroatoms. The van der Waals surface area contributed by atoms with Gasteiger partial charge < -0.3 is 9.47 Å². The Kier molecular flexibility index (Phi) is 4.88. The zero-order valence-corrected chi connectivity index (χ0v) is 17.2. The van der Waals surface area contributed by atoms with Gasteiger partial charge in [0.1, 0.15) is 0 Å². The lowest BCUT2D eigenvalue weighted by atomic mass is 9.46. The summed E-state index contributed by atoms with van der Waals surface area (Å²) in [6, 6.07) is 0. The van der Waals surface area contributed by atoms with Crippen LogP contribution in [0.4, 0.5) is 0 Å². The van der Waals surface area contributed by atoms with Crippen molar-refractivity contribution in [2.45, 2.75) is 91.3 Å². The molecule has 0 aliphatic heterocycles. The zero-order valence-electron chi connectivity index (χ0n) is 17.2. The zero-order chi connectivity index (χ0) is 17.8. The predicted octanol–water partition coefficient (Wildman–Crippen LogP) is 5.70. The Labute approximate surface area is 150 Å². The van der Waals surface area contributed by atoms with Gasteiger partial charge in [-0.2, -0.15) is 0 Å². The fourth-order valence-electron chi connectivity index (χ4n) is 7.31. The lowest BCUT2D eigenvalue weighted by molar-refractivity contribution is -0.230. The molecule has 2 nitrogen and oxygen atoms in total. The Hall–Kier alpha value is -0.0800. The van der Waals surface area contributed by atoms with Crippen molar-refractivity contribution in [2.24, 2.45) is 34.5 Å². The fraction of sp³-hybridized carbons (Fsp3) is 1.00. The molecule has 140 valence electrons. The molecule has 3 fully saturated rings. The first-order chi connectivity index (χ1) is 11.2. The Bertz CT molecular complexity index is 459. The van der Waals surface area contributed by atoms with E-state index in [9.17, 15) is 0 Å². The van der Waals surface area contributed by atoms with Crippen molar-refractivity contribution in [2.75, 3.05) is 14.2 Å². The van der Waals surface area contributed by atoms with Crippen LogP contribution >= 0.6 is 0 Å². The van der Waals surface area contributed by atoms with E-state index in [1.807, 2.05) is 14.2 Å². The van der Waals surface area contributed by atoms with E-state index in [1.165, 1.54) is 44.9 Å². The molecular weight excluding hydrogens is 296 g/mol. The lowest BCUT2D eigenvalue weighted by Crippen LogP contribution is -2.63. The highest BCUT2D eigenvalue weighted by Gasteiger charge is 2.61. The third-order valence-corrected chi connectivity index (χ3v) is 9.18. The highest BCUT2D eigenvalue weighted by atomic mass is 16.5. The summed E-state index contributed by atoms with van der Waals surface area (Å²) in [4.78, 5) is 0. The molecule has 0 N–H and O–H groups in total. The molecule has 0 saturated heterocycles. The van der Waals surface area contributed by atoms with E-state index in [0.717, 1.165) is 17.8 Å². The van der Waals surface area contributed by atoms with Gasteiger partial charge in [-0.1, -0.05) is 41.0 Å². The second-order valence-corrected chi connectivity index (χ2v) is 10.2. The number of fused-ring (bicyclic) bond motifs is 3. The Morgan fingerprint density at radius 2 is 1.54 bits per heavy atom. The van der Waals surface area contributed by atoms with Gasteiger partial charge in [0.15, 0.2) is 0 Å².